The molecule has 0 bridgehead atoms. The Morgan fingerprint density at radius 3 is 2.36 bits per heavy atom. The fourth-order valence-electron chi connectivity index (χ4n) is 3.50. The zero-order valence-electron chi connectivity index (χ0n) is 14.9. The molecule has 0 atom stereocenters. The molecule has 0 saturated carbocycles. The first-order valence-electron chi connectivity index (χ1n) is 8.18. The van der Waals surface area contributed by atoms with Gasteiger partial charge in [0.25, 0.3) is 0 Å². The van der Waals surface area contributed by atoms with Gasteiger partial charge < -0.3 is 10.2 Å². The highest BCUT2D eigenvalue weighted by atomic mass is 19.1. The molecule has 1 heterocycles. The number of nitrogens with zero attached hydrogens (tertiary/aromatic N) is 1. The van der Waals surface area contributed by atoms with E-state index in [4.69, 9.17) is 0 Å². The molecule has 0 aliphatic carbocycles. The molecule has 0 unspecified atom stereocenters. The van der Waals surface area contributed by atoms with Crippen molar-refractivity contribution in [3.05, 3.63) is 35.2 Å². The van der Waals surface area contributed by atoms with Crippen LogP contribution in [-0.2, 0) is 6.54 Å². The maximum atomic E-state index is 14.6. The topological polar surface area (TPSA) is 15.3 Å². The van der Waals surface area contributed by atoms with Crippen LogP contribution in [0.2, 0.25) is 0 Å². The van der Waals surface area contributed by atoms with Crippen molar-refractivity contribution in [1.29, 1.82) is 0 Å². The van der Waals surface area contributed by atoms with Crippen LogP contribution in [0.4, 0.5) is 10.1 Å². The second kappa shape index (κ2) is 6.04. The second-order valence-electron chi connectivity index (χ2n) is 7.44. The molecule has 1 aromatic carbocycles. The number of nitrogens with one attached hydrogen (secondary N) is 1. The summed E-state index contributed by atoms with van der Waals surface area (Å²) < 4.78 is 14.6. The Hall–Kier alpha value is -1.35. The summed E-state index contributed by atoms with van der Waals surface area (Å²) in [6, 6.07) is 4.39. The van der Waals surface area contributed by atoms with Gasteiger partial charge in [-0.1, -0.05) is 19.9 Å². The fraction of sp³-hybridized carbons (Fsp3) is 0.579. The molecule has 2 rings (SSSR count). The van der Waals surface area contributed by atoms with Crippen molar-refractivity contribution in [3.8, 4) is 0 Å². The summed E-state index contributed by atoms with van der Waals surface area (Å²) in [5.74, 6) is -0.122. The molecular weight excluding hydrogens is 275 g/mol. The summed E-state index contributed by atoms with van der Waals surface area (Å²) in [7, 11) is 0. The van der Waals surface area contributed by atoms with Crippen molar-refractivity contribution in [2.75, 3.05) is 4.90 Å². The lowest BCUT2D eigenvalue weighted by Gasteiger charge is -2.46. The highest BCUT2D eigenvalue weighted by Gasteiger charge is 2.33. The molecule has 0 radical (unpaired) electrons. The van der Waals surface area contributed by atoms with Gasteiger partial charge in [0, 0.05) is 35.4 Å². The van der Waals surface area contributed by atoms with Gasteiger partial charge in [-0.05, 0) is 52.3 Å². The standard InChI is InChI=1S/C19H29FN2/c1-12(2)21-11-15-8-16-14(5)10-19(6,7)22(13(3)4)18(16)9-17(15)20/h8-10,12-13,21H,11H2,1-7H3. The van der Waals surface area contributed by atoms with E-state index in [-0.39, 0.29) is 11.4 Å². The third-order valence-corrected chi connectivity index (χ3v) is 4.26. The van der Waals surface area contributed by atoms with E-state index in [9.17, 15) is 4.39 Å². The van der Waals surface area contributed by atoms with Crippen LogP contribution in [-0.4, -0.2) is 17.6 Å². The molecule has 0 saturated heterocycles. The molecule has 22 heavy (non-hydrogen) atoms. The molecule has 1 aromatic rings. The summed E-state index contributed by atoms with van der Waals surface area (Å²) in [4.78, 5) is 2.30. The fourth-order valence-corrected chi connectivity index (χ4v) is 3.50. The molecule has 1 aliphatic rings. The summed E-state index contributed by atoms with van der Waals surface area (Å²) in [6.07, 6.45) is 2.28. The lowest BCUT2D eigenvalue weighted by atomic mass is 9.86. The Labute approximate surface area is 134 Å². The van der Waals surface area contributed by atoms with Gasteiger partial charge in [-0.25, -0.2) is 4.39 Å². The van der Waals surface area contributed by atoms with Crippen molar-refractivity contribution in [3.63, 3.8) is 0 Å². The van der Waals surface area contributed by atoms with Crippen molar-refractivity contribution in [1.82, 2.24) is 5.32 Å². The van der Waals surface area contributed by atoms with E-state index in [0.29, 0.717) is 18.6 Å². The van der Waals surface area contributed by atoms with Crippen molar-refractivity contribution in [2.24, 2.45) is 0 Å². The van der Waals surface area contributed by atoms with E-state index in [1.54, 1.807) is 6.07 Å². The van der Waals surface area contributed by atoms with Crippen LogP contribution in [0.1, 0.15) is 59.6 Å². The Morgan fingerprint density at radius 2 is 1.82 bits per heavy atom. The van der Waals surface area contributed by atoms with Gasteiger partial charge in [0.15, 0.2) is 0 Å². The van der Waals surface area contributed by atoms with Crippen LogP contribution in [0.25, 0.3) is 5.57 Å². The molecule has 1 aliphatic heterocycles. The minimum atomic E-state index is -0.122. The second-order valence-corrected chi connectivity index (χ2v) is 7.44. The monoisotopic (exact) mass is 304 g/mol. The Bertz CT molecular complexity index is 585. The maximum absolute atomic E-state index is 14.6. The first kappa shape index (κ1) is 17.0. The Balaban J connectivity index is 2.51. The van der Waals surface area contributed by atoms with Crippen molar-refractivity contribution < 1.29 is 4.39 Å². The van der Waals surface area contributed by atoms with Gasteiger partial charge in [0.05, 0.1) is 5.54 Å². The van der Waals surface area contributed by atoms with Gasteiger partial charge >= 0.3 is 0 Å². The number of halogens is 1. The molecule has 0 aromatic heterocycles. The largest absolute Gasteiger partial charge is 0.360 e. The first-order valence-corrected chi connectivity index (χ1v) is 8.18. The molecule has 0 fully saturated rings. The quantitative estimate of drug-likeness (QED) is 0.864. The molecule has 0 spiro atoms. The summed E-state index contributed by atoms with van der Waals surface area (Å²) in [5, 5.41) is 3.30. The number of anilines is 1. The highest BCUT2D eigenvalue weighted by molar-refractivity contribution is 5.81. The molecule has 3 heteroatoms. The van der Waals surface area contributed by atoms with Crippen LogP contribution in [0.5, 0.6) is 0 Å². The molecule has 2 nitrogen and oxygen atoms in total. The molecule has 122 valence electrons. The summed E-state index contributed by atoms with van der Waals surface area (Å²) in [5.41, 5.74) is 4.02. The van der Waals surface area contributed by atoms with Gasteiger partial charge in [-0.15, -0.1) is 0 Å². The zero-order chi connectivity index (χ0) is 16.7. The van der Waals surface area contributed by atoms with Crippen LogP contribution < -0.4 is 10.2 Å². The van der Waals surface area contributed by atoms with Crippen LogP contribution >= 0.6 is 0 Å². The number of rotatable bonds is 4. The Morgan fingerprint density at radius 1 is 1.18 bits per heavy atom. The van der Waals surface area contributed by atoms with E-state index in [2.05, 4.69) is 64.8 Å². The van der Waals surface area contributed by atoms with Crippen molar-refractivity contribution >= 4 is 11.3 Å². The molecule has 1 N–H and O–H groups in total. The van der Waals surface area contributed by atoms with E-state index >= 15 is 0 Å². The molecular formula is C19H29FN2. The SMILES string of the molecule is CC1=CC(C)(C)N(C(C)C)c2cc(F)c(CNC(C)C)cc21. The molecule has 0 amide bonds. The Kier molecular flexibility index (Phi) is 4.67. The van der Waals surface area contributed by atoms with Crippen LogP contribution in [0, 0.1) is 5.82 Å². The lowest BCUT2D eigenvalue weighted by molar-refractivity contribution is 0.503. The normalized spacial score (nSPS) is 17.0. The van der Waals surface area contributed by atoms with Gasteiger partial charge in [-0.2, -0.15) is 0 Å². The number of hydrogen-bond donors (Lipinski definition) is 1. The number of hydrogen-bond acceptors (Lipinski definition) is 2. The summed E-state index contributed by atoms with van der Waals surface area (Å²) in [6.45, 7) is 15.5. The predicted molar refractivity (Wildman–Crippen MR) is 93.7 cm³/mol. The van der Waals surface area contributed by atoms with E-state index in [1.807, 2.05) is 6.07 Å². The zero-order valence-corrected chi connectivity index (χ0v) is 14.9. The third-order valence-electron chi connectivity index (χ3n) is 4.26. The lowest BCUT2D eigenvalue weighted by Crippen LogP contribution is -2.49. The van der Waals surface area contributed by atoms with Gasteiger partial charge in [-0.3, -0.25) is 0 Å². The van der Waals surface area contributed by atoms with Crippen molar-refractivity contribution in [2.45, 2.75) is 72.6 Å². The van der Waals surface area contributed by atoms with Gasteiger partial charge in [0.2, 0.25) is 0 Å². The minimum Gasteiger partial charge on any atom is -0.360 e. The number of allylic oxidation sites excluding steroid dienone is 1. The average molecular weight is 304 g/mol. The van der Waals surface area contributed by atoms with E-state index in [0.717, 1.165) is 16.8 Å². The highest BCUT2D eigenvalue weighted by Crippen LogP contribution is 2.41. The van der Waals surface area contributed by atoms with Crippen LogP contribution in [0.3, 0.4) is 0 Å². The van der Waals surface area contributed by atoms with Crippen LogP contribution in [0.15, 0.2) is 18.2 Å². The number of fused-ring (bicyclic) bond motifs is 1. The third kappa shape index (κ3) is 3.19. The predicted octanol–water partition coefficient (Wildman–Crippen LogP) is 4.73. The first-order chi connectivity index (χ1) is 10.1. The average Bonchev–Trinajstić information content (AvgIpc) is 2.34. The summed E-state index contributed by atoms with van der Waals surface area (Å²) >= 11 is 0. The van der Waals surface area contributed by atoms with E-state index < -0.39 is 0 Å². The smallest absolute Gasteiger partial charge is 0.129 e. The maximum Gasteiger partial charge on any atom is 0.129 e. The van der Waals surface area contributed by atoms with Gasteiger partial charge in [0.1, 0.15) is 5.82 Å². The number of benzene rings is 1. The minimum absolute atomic E-state index is 0.102. The van der Waals surface area contributed by atoms with E-state index in [1.165, 1.54) is 5.57 Å².